The van der Waals surface area contributed by atoms with Crippen molar-refractivity contribution >= 4 is 5.69 Å². The van der Waals surface area contributed by atoms with Gasteiger partial charge in [0.25, 0.3) is 0 Å². The average molecular weight is 441 g/mol. The molecule has 0 radical (unpaired) electrons. The molecule has 0 saturated carbocycles. The highest BCUT2D eigenvalue weighted by Gasteiger charge is 2.39. The monoisotopic (exact) mass is 440 g/mol. The molecule has 1 fully saturated rings. The van der Waals surface area contributed by atoms with Gasteiger partial charge in [-0.1, -0.05) is 38.1 Å². The van der Waals surface area contributed by atoms with Crippen molar-refractivity contribution in [2.45, 2.75) is 71.5 Å². The predicted octanol–water partition coefficient (Wildman–Crippen LogP) is 5.47. The van der Waals surface area contributed by atoms with Crippen molar-refractivity contribution in [1.29, 1.82) is 5.26 Å². The molecule has 4 atom stereocenters. The first-order valence-corrected chi connectivity index (χ1v) is 12.6. The van der Waals surface area contributed by atoms with Gasteiger partial charge < -0.3 is 15.1 Å². The molecule has 0 aromatic heterocycles. The van der Waals surface area contributed by atoms with Crippen molar-refractivity contribution in [3.05, 3.63) is 76.2 Å². The molecule has 0 spiro atoms. The van der Waals surface area contributed by atoms with E-state index in [1.165, 1.54) is 33.8 Å². The van der Waals surface area contributed by atoms with Crippen LogP contribution in [0.2, 0.25) is 0 Å². The van der Waals surface area contributed by atoms with E-state index in [4.69, 9.17) is 0 Å². The summed E-state index contributed by atoms with van der Waals surface area (Å²) >= 11 is 0. The molecular formula is C29H36N4. The molecule has 4 aliphatic rings. The van der Waals surface area contributed by atoms with Gasteiger partial charge in [-0.2, -0.15) is 5.26 Å². The highest BCUT2D eigenvalue weighted by molar-refractivity contribution is 5.74. The van der Waals surface area contributed by atoms with E-state index < -0.39 is 0 Å². The Bertz CT molecular complexity index is 1090. The minimum absolute atomic E-state index is 0.253. The van der Waals surface area contributed by atoms with Gasteiger partial charge >= 0.3 is 0 Å². The fourth-order valence-corrected chi connectivity index (χ4v) is 6.19. The van der Waals surface area contributed by atoms with Gasteiger partial charge in [0.05, 0.1) is 17.3 Å². The van der Waals surface area contributed by atoms with Crippen LogP contribution >= 0.6 is 0 Å². The van der Waals surface area contributed by atoms with Crippen LogP contribution in [0.4, 0.5) is 5.69 Å². The second kappa shape index (κ2) is 8.88. The molecule has 3 heterocycles. The average Bonchev–Trinajstić information content (AvgIpc) is 2.80. The zero-order valence-corrected chi connectivity index (χ0v) is 20.4. The first-order chi connectivity index (χ1) is 16.0. The van der Waals surface area contributed by atoms with E-state index in [9.17, 15) is 5.26 Å². The summed E-state index contributed by atoms with van der Waals surface area (Å²) < 4.78 is 0. The number of para-hydroxylation sites is 1. The molecule has 1 aromatic carbocycles. The van der Waals surface area contributed by atoms with Gasteiger partial charge in [0.1, 0.15) is 6.07 Å². The lowest BCUT2D eigenvalue weighted by Crippen LogP contribution is -2.54. The molecular weight excluding hydrogens is 404 g/mol. The summed E-state index contributed by atoms with van der Waals surface area (Å²) in [5.41, 5.74) is 8.66. The van der Waals surface area contributed by atoms with Gasteiger partial charge in [0, 0.05) is 36.6 Å². The van der Waals surface area contributed by atoms with Crippen molar-refractivity contribution in [3.63, 3.8) is 0 Å². The summed E-state index contributed by atoms with van der Waals surface area (Å²) in [6, 6.07) is 12.5. The highest BCUT2D eigenvalue weighted by atomic mass is 15.2. The van der Waals surface area contributed by atoms with Crippen LogP contribution in [0.1, 0.15) is 52.5 Å². The fourth-order valence-electron chi connectivity index (χ4n) is 6.19. The number of hydrogen-bond acceptors (Lipinski definition) is 4. The Hall–Kier alpha value is -2.77. The number of fused-ring (bicyclic) bond motifs is 5. The van der Waals surface area contributed by atoms with Gasteiger partial charge in [-0.05, 0) is 80.4 Å². The van der Waals surface area contributed by atoms with Crippen molar-refractivity contribution in [3.8, 4) is 6.07 Å². The number of allylic oxidation sites excluding steroid dienone is 4. The summed E-state index contributed by atoms with van der Waals surface area (Å²) in [5.74, 6) is 0.541. The third-order valence-corrected chi connectivity index (χ3v) is 7.68. The third kappa shape index (κ3) is 3.93. The lowest BCUT2D eigenvalue weighted by atomic mass is 9.81. The molecule has 0 amide bonds. The Kier molecular flexibility index (Phi) is 5.93. The maximum atomic E-state index is 10.3. The molecule has 1 N–H and O–H groups in total. The van der Waals surface area contributed by atoms with Crippen LogP contribution in [0.15, 0.2) is 70.6 Å². The number of rotatable bonds is 2. The van der Waals surface area contributed by atoms with Gasteiger partial charge in [0.15, 0.2) is 0 Å². The van der Waals surface area contributed by atoms with Crippen LogP contribution in [0.3, 0.4) is 0 Å². The number of hydrogen-bond donors (Lipinski definition) is 1. The molecule has 3 aliphatic heterocycles. The van der Waals surface area contributed by atoms with Gasteiger partial charge in [0.2, 0.25) is 0 Å². The van der Waals surface area contributed by atoms with Gasteiger partial charge in [-0.25, -0.2) is 0 Å². The zero-order chi connectivity index (χ0) is 23.1. The second-order valence-corrected chi connectivity index (χ2v) is 10.3. The van der Waals surface area contributed by atoms with Crippen molar-refractivity contribution in [2.24, 2.45) is 5.92 Å². The molecule has 0 bridgehead atoms. The number of nitriles is 1. The van der Waals surface area contributed by atoms with Crippen LogP contribution in [0.25, 0.3) is 0 Å². The fraction of sp³-hybridized carbons (Fsp3) is 0.483. The Morgan fingerprint density at radius 2 is 1.85 bits per heavy atom. The molecule has 172 valence electrons. The molecule has 4 heteroatoms. The number of nitrogens with one attached hydrogen (secondary N) is 1. The Morgan fingerprint density at radius 3 is 2.58 bits per heavy atom. The number of anilines is 1. The van der Waals surface area contributed by atoms with E-state index >= 15 is 0 Å². The molecule has 1 aromatic rings. The first kappa shape index (κ1) is 22.0. The van der Waals surface area contributed by atoms with Crippen molar-refractivity contribution in [2.75, 3.05) is 18.0 Å². The van der Waals surface area contributed by atoms with Crippen LogP contribution in [0.5, 0.6) is 0 Å². The number of piperazine rings is 1. The number of nitrogens with zero attached hydrogens (tertiary/aromatic N) is 3. The van der Waals surface area contributed by atoms with Crippen molar-refractivity contribution in [1.82, 2.24) is 10.2 Å². The van der Waals surface area contributed by atoms with E-state index in [-0.39, 0.29) is 6.04 Å². The van der Waals surface area contributed by atoms with Gasteiger partial charge in [-0.15, -0.1) is 0 Å². The second-order valence-electron chi connectivity index (χ2n) is 10.3. The van der Waals surface area contributed by atoms with E-state index in [0.717, 1.165) is 44.3 Å². The summed E-state index contributed by atoms with van der Waals surface area (Å²) in [6.45, 7) is 11.1. The van der Waals surface area contributed by atoms with Crippen LogP contribution in [0, 0.1) is 17.2 Å². The summed E-state index contributed by atoms with van der Waals surface area (Å²) in [4.78, 5) is 5.09. The summed E-state index contributed by atoms with van der Waals surface area (Å²) in [6.07, 6.45) is 11.1. The standard InChI is InChI=1S/C29H36N4/c1-5-22-14-23-8-6-7-9-26(23)33-28-13-11-19(2)10-12-27(25(28)15-24(16-30)29(22)33)32-17-20(3)31-21(4)18-32/h6-10,12,15,19-21,28,31H,5,11,13-14,17-18H2,1-4H3. The van der Waals surface area contributed by atoms with E-state index in [1.807, 2.05) is 0 Å². The molecule has 4 nitrogen and oxygen atoms in total. The Balaban J connectivity index is 1.75. The maximum Gasteiger partial charge on any atom is 0.101 e. The molecule has 4 unspecified atom stereocenters. The first-order valence-electron chi connectivity index (χ1n) is 12.6. The Morgan fingerprint density at radius 1 is 1.09 bits per heavy atom. The minimum atomic E-state index is 0.253. The van der Waals surface area contributed by atoms with E-state index in [0.29, 0.717) is 18.0 Å². The molecule has 33 heavy (non-hydrogen) atoms. The van der Waals surface area contributed by atoms with Crippen LogP contribution < -0.4 is 10.2 Å². The molecule has 1 saturated heterocycles. The van der Waals surface area contributed by atoms with E-state index in [1.54, 1.807) is 0 Å². The lowest BCUT2D eigenvalue weighted by molar-refractivity contribution is 0.217. The SMILES string of the molecule is CCC1=C2C(C#N)=CC3=C(N4CC(C)NC(C)C4)C=CC(C)CCC3N2c2ccccc2C1. The topological polar surface area (TPSA) is 42.3 Å². The largest absolute Gasteiger partial charge is 0.368 e. The van der Waals surface area contributed by atoms with Crippen molar-refractivity contribution < 1.29 is 0 Å². The predicted molar refractivity (Wildman–Crippen MR) is 136 cm³/mol. The van der Waals surface area contributed by atoms with Gasteiger partial charge in [-0.3, -0.25) is 0 Å². The Labute approximate surface area is 199 Å². The molecule has 5 rings (SSSR count). The minimum Gasteiger partial charge on any atom is -0.368 e. The quantitative estimate of drug-likeness (QED) is 0.662. The summed E-state index contributed by atoms with van der Waals surface area (Å²) in [7, 11) is 0. The summed E-state index contributed by atoms with van der Waals surface area (Å²) in [5, 5.41) is 14.0. The van der Waals surface area contributed by atoms with Crippen LogP contribution in [-0.4, -0.2) is 36.1 Å². The lowest BCUT2D eigenvalue weighted by Gasteiger charge is -2.47. The zero-order valence-electron chi connectivity index (χ0n) is 20.4. The normalized spacial score (nSPS) is 29.5. The highest BCUT2D eigenvalue weighted by Crippen LogP contribution is 2.46. The van der Waals surface area contributed by atoms with E-state index in [2.05, 4.69) is 91.4 Å². The van der Waals surface area contributed by atoms with Crippen LogP contribution in [-0.2, 0) is 6.42 Å². The number of benzene rings is 1. The molecule has 1 aliphatic carbocycles. The maximum absolute atomic E-state index is 10.3. The smallest absolute Gasteiger partial charge is 0.101 e. The third-order valence-electron chi connectivity index (χ3n) is 7.68.